The fourth-order valence-electron chi connectivity index (χ4n) is 4.37. The molecule has 2 aromatic carbocycles. The molecule has 2 aromatic heterocycles. The Bertz CT molecular complexity index is 1390. The third-order valence-corrected chi connectivity index (χ3v) is 5.94. The van der Waals surface area contributed by atoms with Crippen LogP contribution in [-0.2, 0) is 16.1 Å². The lowest BCUT2D eigenvalue weighted by Crippen LogP contribution is -2.29. The molecule has 1 unspecified atom stereocenters. The molecule has 1 aliphatic rings. The molecule has 0 saturated carbocycles. The van der Waals surface area contributed by atoms with Crippen LogP contribution < -0.4 is 4.74 Å². The number of Topliss-reactive ketones (excluding diaryl/α,β-unsaturated/α-hetero) is 1. The molecule has 1 atom stereocenters. The number of aromatic nitrogens is 2. The highest BCUT2D eigenvalue weighted by Gasteiger charge is 2.46. The van der Waals surface area contributed by atoms with Crippen LogP contribution in [-0.4, -0.2) is 38.8 Å². The molecule has 0 radical (unpaired) electrons. The maximum absolute atomic E-state index is 13.3. The number of ketones is 1. The third-order valence-electron chi connectivity index (χ3n) is 5.94. The summed E-state index contributed by atoms with van der Waals surface area (Å²) in [5, 5.41) is 12.1. The van der Waals surface area contributed by atoms with E-state index in [-0.39, 0.29) is 17.9 Å². The van der Waals surface area contributed by atoms with E-state index in [9.17, 15) is 14.7 Å². The number of carbonyl (C=O) groups is 2. The Kier molecular flexibility index (Phi) is 5.14. The first-order valence-corrected chi connectivity index (χ1v) is 10.5. The molecule has 4 aromatic rings. The average Bonchev–Trinajstić information content (AvgIpc) is 3.39. The molecule has 1 amide bonds. The van der Waals surface area contributed by atoms with E-state index in [1.807, 2.05) is 42.5 Å². The first-order chi connectivity index (χ1) is 16.1. The van der Waals surface area contributed by atoms with Gasteiger partial charge in [0.1, 0.15) is 11.5 Å². The Morgan fingerprint density at radius 3 is 2.58 bits per heavy atom. The number of pyridine rings is 1. The number of rotatable bonds is 5. The van der Waals surface area contributed by atoms with Crippen LogP contribution in [0.1, 0.15) is 22.7 Å². The monoisotopic (exact) mass is 439 g/mol. The molecule has 5 rings (SSSR count). The Morgan fingerprint density at radius 1 is 1.06 bits per heavy atom. The van der Waals surface area contributed by atoms with Gasteiger partial charge in [-0.25, -0.2) is 0 Å². The minimum absolute atomic E-state index is 0.0471. The summed E-state index contributed by atoms with van der Waals surface area (Å²) in [5.41, 5.74) is 2.78. The summed E-state index contributed by atoms with van der Waals surface area (Å²) in [5.74, 6) is -1.00. The number of aliphatic hydroxyl groups excluding tert-OH is 1. The van der Waals surface area contributed by atoms with Crippen molar-refractivity contribution in [3.63, 3.8) is 0 Å². The van der Waals surface area contributed by atoms with Gasteiger partial charge in [-0.1, -0.05) is 36.4 Å². The van der Waals surface area contributed by atoms with Crippen molar-refractivity contribution in [2.24, 2.45) is 0 Å². The van der Waals surface area contributed by atoms with Crippen LogP contribution in [0.3, 0.4) is 0 Å². The van der Waals surface area contributed by atoms with E-state index >= 15 is 0 Å². The van der Waals surface area contributed by atoms with Gasteiger partial charge in [-0.2, -0.15) is 0 Å². The van der Waals surface area contributed by atoms with E-state index in [1.54, 1.807) is 43.9 Å². The maximum Gasteiger partial charge on any atom is 0.295 e. The van der Waals surface area contributed by atoms with Gasteiger partial charge in [0, 0.05) is 40.6 Å². The SMILES string of the molecule is COc1ccccc1CN1C(=O)C(=O)/C(=C(\O)c2c[nH]c3ccccc23)C1c1ccncc1. The largest absolute Gasteiger partial charge is 0.507 e. The second-order valence-corrected chi connectivity index (χ2v) is 7.77. The standard InChI is InChI=1S/C26H21N3O4/c1-33-21-9-5-2-6-17(21)15-29-23(16-10-12-27-13-11-16)22(25(31)26(29)32)24(30)19-14-28-20-8-4-3-7-18(19)20/h2-14,23,28,30H,15H2,1H3/b24-22-. The summed E-state index contributed by atoms with van der Waals surface area (Å²) in [6.07, 6.45) is 4.85. The molecule has 3 heterocycles. The summed E-state index contributed by atoms with van der Waals surface area (Å²) < 4.78 is 5.44. The fourth-order valence-corrected chi connectivity index (χ4v) is 4.37. The topological polar surface area (TPSA) is 95.5 Å². The number of para-hydroxylation sites is 2. The van der Waals surface area contributed by atoms with Crippen molar-refractivity contribution in [2.75, 3.05) is 7.11 Å². The minimum atomic E-state index is -0.772. The molecule has 33 heavy (non-hydrogen) atoms. The number of nitrogens with zero attached hydrogens (tertiary/aromatic N) is 2. The van der Waals surface area contributed by atoms with Crippen LogP contribution in [0.25, 0.3) is 16.7 Å². The van der Waals surface area contributed by atoms with E-state index in [0.717, 1.165) is 16.5 Å². The van der Waals surface area contributed by atoms with Gasteiger partial charge >= 0.3 is 0 Å². The number of hydrogen-bond acceptors (Lipinski definition) is 5. The zero-order valence-corrected chi connectivity index (χ0v) is 17.9. The number of nitrogens with one attached hydrogen (secondary N) is 1. The number of H-pyrrole nitrogens is 1. The lowest BCUT2D eigenvalue weighted by Gasteiger charge is -2.26. The Balaban J connectivity index is 1.68. The summed E-state index contributed by atoms with van der Waals surface area (Å²) in [6.45, 7) is 0.145. The summed E-state index contributed by atoms with van der Waals surface area (Å²) >= 11 is 0. The van der Waals surface area contributed by atoms with Crippen LogP contribution >= 0.6 is 0 Å². The van der Waals surface area contributed by atoms with Gasteiger partial charge < -0.3 is 19.7 Å². The van der Waals surface area contributed by atoms with Crippen molar-refractivity contribution >= 4 is 28.4 Å². The molecule has 1 saturated heterocycles. The number of fused-ring (bicyclic) bond motifs is 1. The number of benzene rings is 2. The molecular formula is C26H21N3O4. The number of aromatic amines is 1. The van der Waals surface area contributed by atoms with Crippen LogP contribution in [0.4, 0.5) is 0 Å². The number of aliphatic hydroxyl groups is 1. The highest BCUT2D eigenvalue weighted by Crippen LogP contribution is 2.41. The molecule has 1 aliphatic heterocycles. The lowest BCUT2D eigenvalue weighted by atomic mass is 9.95. The highest BCUT2D eigenvalue weighted by molar-refractivity contribution is 6.46. The molecular weight excluding hydrogens is 418 g/mol. The highest BCUT2D eigenvalue weighted by atomic mass is 16.5. The van der Waals surface area contributed by atoms with Gasteiger partial charge in [-0.15, -0.1) is 0 Å². The van der Waals surface area contributed by atoms with E-state index in [0.29, 0.717) is 16.9 Å². The predicted octanol–water partition coefficient (Wildman–Crippen LogP) is 4.19. The maximum atomic E-state index is 13.3. The number of likely N-dealkylation sites (tertiary alicyclic amines) is 1. The van der Waals surface area contributed by atoms with Crippen LogP contribution in [0.2, 0.25) is 0 Å². The van der Waals surface area contributed by atoms with Crippen LogP contribution in [0, 0.1) is 0 Å². The molecule has 0 spiro atoms. The first-order valence-electron chi connectivity index (χ1n) is 10.5. The smallest absolute Gasteiger partial charge is 0.295 e. The summed E-state index contributed by atoms with van der Waals surface area (Å²) in [6, 6.07) is 17.5. The van der Waals surface area contributed by atoms with Crippen molar-refractivity contribution in [3.8, 4) is 5.75 Å². The molecule has 2 N–H and O–H groups in total. The molecule has 7 heteroatoms. The second kappa shape index (κ2) is 8.27. The van der Waals surface area contributed by atoms with Crippen molar-refractivity contribution in [1.29, 1.82) is 0 Å². The van der Waals surface area contributed by atoms with Crippen LogP contribution in [0.5, 0.6) is 5.75 Å². The van der Waals surface area contributed by atoms with Gasteiger partial charge in [0.25, 0.3) is 11.7 Å². The minimum Gasteiger partial charge on any atom is -0.507 e. The summed E-state index contributed by atoms with van der Waals surface area (Å²) in [4.78, 5) is 35.1. The van der Waals surface area contributed by atoms with Crippen molar-refractivity contribution in [2.45, 2.75) is 12.6 Å². The molecule has 0 bridgehead atoms. The molecule has 164 valence electrons. The van der Waals surface area contributed by atoms with E-state index in [4.69, 9.17) is 4.74 Å². The Labute approximate surface area is 190 Å². The van der Waals surface area contributed by atoms with Crippen molar-refractivity contribution < 1.29 is 19.4 Å². The molecule has 1 fully saturated rings. The number of carbonyl (C=O) groups excluding carboxylic acids is 2. The number of hydrogen-bond donors (Lipinski definition) is 2. The second-order valence-electron chi connectivity index (χ2n) is 7.77. The van der Waals surface area contributed by atoms with E-state index < -0.39 is 17.7 Å². The molecule has 0 aliphatic carbocycles. The number of methoxy groups -OCH3 is 1. The fraction of sp³-hybridized carbons (Fsp3) is 0.115. The van der Waals surface area contributed by atoms with E-state index in [1.165, 1.54) is 4.90 Å². The molecule has 7 nitrogen and oxygen atoms in total. The predicted molar refractivity (Wildman–Crippen MR) is 123 cm³/mol. The zero-order chi connectivity index (χ0) is 22.9. The zero-order valence-electron chi connectivity index (χ0n) is 17.9. The van der Waals surface area contributed by atoms with Gasteiger partial charge in [0.15, 0.2) is 0 Å². The Hall–Kier alpha value is -4.39. The van der Waals surface area contributed by atoms with Gasteiger partial charge in [-0.3, -0.25) is 14.6 Å². The van der Waals surface area contributed by atoms with Crippen molar-refractivity contribution in [3.05, 3.63) is 102 Å². The van der Waals surface area contributed by atoms with Crippen LogP contribution in [0.15, 0.2) is 84.8 Å². The average molecular weight is 439 g/mol. The third kappa shape index (κ3) is 3.43. The first kappa shape index (κ1) is 20.5. The number of ether oxygens (including phenoxy) is 1. The quantitative estimate of drug-likeness (QED) is 0.276. The van der Waals surface area contributed by atoms with Gasteiger partial charge in [-0.05, 0) is 29.8 Å². The summed E-state index contributed by atoms with van der Waals surface area (Å²) in [7, 11) is 1.56. The van der Waals surface area contributed by atoms with Gasteiger partial charge in [0.2, 0.25) is 0 Å². The van der Waals surface area contributed by atoms with E-state index in [2.05, 4.69) is 9.97 Å². The number of amides is 1. The normalized spacial score (nSPS) is 17.6. The lowest BCUT2D eigenvalue weighted by molar-refractivity contribution is -0.140. The van der Waals surface area contributed by atoms with Gasteiger partial charge in [0.05, 0.1) is 25.3 Å². The van der Waals surface area contributed by atoms with Crippen molar-refractivity contribution in [1.82, 2.24) is 14.9 Å². The Morgan fingerprint density at radius 2 is 1.79 bits per heavy atom.